The fourth-order valence-electron chi connectivity index (χ4n) is 5.78. The van der Waals surface area contributed by atoms with Gasteiger partial charge in [0.25, 0.3) is 0 Å². The highest BCUT2D eigenvalue weighted by molar-refractivity contribution is 7.90. The normalized spacial score (nSPS) is 14.0. The number of benzene rings is 3. The van der Waals surface area contributed by atoms with Gasteiger partial charge in [-0.25, -0.2) is 22.3 Å². The molecule has 290 valence electrons. The maximum Gasteiger partial charge on any atom is 0.326 e. The minimum Gasteiger partial charge on any atom is -0.496 e. The van der Waals surface area contributed by atoms with E-state index in [2.05, 4.69) is 10.1 Å². The number of sulfone groups is 1. The van der Waals surface area contributed by atoms with Gasteiger partial charge in [0.15, 0.2) is 21.3 Å². The summed E-state index contributed by atoms with van der Waals surface area (Å²) in [5.74, 6) is -4.26. The highest BCUT2D eigenvalue weighted by atomic mass is 32.2. The molecule has 2 unspecified atom stereocenters. The molecule has 0 radical (unpaired) electrons. The molecule has 0 aliphatic carbocycles. The van der Waals surface area contributed by atoms with Crippen LogP contribution in [0.4, 0.5) is 4.39 Å². The molecule has 0 aliphatic heterocycles. The van der Waals surface area contributed by atoms with Crippen molar-refractivity contribution in [3.8, 4) is 16.9 Å². The summed E-state index contributed by atoms with van der Waals surface area (Å²) in [7, 11) is -2.28. The molecule has 14 heteroatoms. The number of hydrogen-bond acceptors (Lipinski definition) is 11. The number of ether oxygens (including phenoxy) is 3. The van der Waals surface area contributed by atoms with E-state index >= 15 is 0 Å². The number of aromatic nitrogens is 3. The van der Waals surface area contributed by atoms with Gasteiger partial charge in [0, 0.05) is 41.8 Å². The van der Waals surface area contributed by atoms with Crippen LogP contribution in [0.2, 0.25) is 0 Å². The summed E-state index contributed by atoms with van der Waals surface area (Å²) >= 11 is 0. The van der Waals surface area contributed by atoms with Crippen molar-refractivity contribution in [2.45, 2.75) is 70.1 Å². The molecule has 0 aliphatic rings. The first-order valence-corrected chi connectivity index (χ1v) is 19.6. The van der Waals surface area contributed by atoms with Crippen molar-refractivity contribution >= 4 is 33.2 Å². The number of halogens is 1. The molecule has 3 aromatic carbocycles. The predicted molar refractivity (Wildman–Crippen MR) is 204 cm³/mol. The lowest BCUT2D eigenvalue weighted by Gasteiger charge is -2.26. The summed E-state index contributed by atoms with van der Waals surface area (Å²) in [6, 6.07) is 20.2. The van der Waals surface area contributed by atoms with Gasteiger partial charge >= 0.3 is 11.9 Å². The number of carbonyl (C=O) groups is 3. The van der Waals surface area contributed by atoms with Gasteiger partial charge in [-0.15, -0.1) is 5.10 Å². The molecule has 55 heavy (non-hydrogen) atoms. The van der Waals surface area contributed by atoms with Gasteiger partial charge in [-0.3, -0.25) is 14.4 Å². The van der Waals surface area contributed by atoms with E-state index in [0.717, 1.165) is 28.5 Å². The van der Waals surface area contributed by atoms with Gasteiger partial charge in [0.05, 0.1) is 12.0 Å². The molecule has 0 fully saturated rings. The van der Waals surface area contributed by atoms with Crippen LogP contribution in [0.25, 0.3) is 16.8 Å². The molecule has 12 nitrogen and oxygen atoms in total. The Labute approximate surface area is 319 Å². The Morgan fingerprint density at radius 3 is 2.07 bits per heavy atom. The van der Waals surface area contributed by atoms with Crippen LogP contribution in [0.5, 0.6) is 5.75 Å². The van der Waals surface area contributed by atoms with Crippen molar-refractivity contribution in [3.63, 3.8) is 0 Å². The zero-order valence-corrected chi connectivity index (χ0v) is 32.5. The van der Waals surface area contributed by atoms with Gasteiger partial charge < -0.3 is 19.9 Å². The Bertz CT molecular complexity index is 2290. The number of hydrogen-bond donors (Lipinski definition) is 1. The van der Waals surface area contributed by atoms with Crippen LogP contribution < -0.4 is 10.5 Å². The van der Waals surface area contributed by atoms with E-state index in [4.69, 9.17) is 19.9 Å². The average molecular weight is 773 g/mol. The molecule has 5 aromatic rings. The maximum absolute atomic E-state index is 14.2. The van der Waals surface area contributed by atoms with Crippen LogP contribution in [-0.4, -0.2) is 66.4 Å². The second kappa shape index (κ2) is 16.9. The summed E-state index contributed by atoms with van der Waals surface area (Å²) in [4.78, 5) is 44.5. The molecule has 0 saturated carbocycles. The lowest BCUT2D eigenvalue weighted by atomic mass is 9.92. The van der Waals surface area contributed by atoms with Crippen molar-refractivity contribution in [2.75, 3.05) is 13.4 Å². The number of nitrogens with zero attached hydrogens (tertiary/aromatic N) is 3. The molecule has 4 atom stereocenters. The van der Waals surface area contributed by atoms with Crippen molar-refractivity contribution in [1.82, 2.24) is 14.6 Å². The van der Waals surface area contributed by atoms with E-state index < -0.39 is 51.9 Å². The van der Waals surface area contributed by atoms with E-state index in [1.807, 2.05) is 30.3 Å². The van der Waals surface area contributed by atoms with E-state index in [-0.39, 0.29) is 46.0 Å². The van der Waals surface area contributed by atoms with Crippen LogP contribution in [0.1, 0.15) is 69.0 Å². The maximum atomic E-state index is 14.2. The largest absolute Gasteiger partial charge is 0.496 e. The monoisotopic (exact) mass is 772 g/mol. The zero-order valence-electron chi connectivity index (χ0n) is 31.7. The van der Waals surface area contributed by atoms with Crippen molar-refractivity contribution < 1.29 is 41.4 Å². The average Bonchev–Trinajstić information content (AvgIpc) is 3.57. The molecule has 2 N–H and O–H groups in total. The number of rotatable bonds is 15. The molecular weight excluding hydrogens is 728 g/mol. The van der Waals surface area contributed by atoms with Gasteiger partial charge in [0.2, 0.25) is 6.29 Å². The van der Waals surface area contributed by atoms with E-state index in [0.29, 0.717) is 5.65 Å². The first-order chi connectivity index (χ1) is 26.0. The quantitative estimate of drug-likeness (QED) is 0.0972. The van der Waals surface area contributed by atoms with Gasteiger partial charge in [0.1, 0.15) is 29.3 Å². The Kier molecular flexibility index (Phi) is 12.5. The summed E-state index contributed by atoms with van der Waals surface area (Å²) in [6.45, 7) is 8.77. The Morgan fingerprint density at radius 1 is 0.836 bits per heavy atom. The number of fused-ring (bicyclic) bond motifs is 1. The first kappa shape index (κ1) is 40.7. The predicted octanol–water partition coefficient (Wildman–Crippen LogP) is 6.05. The fourth-order valence-corrected chi connectivity index (χ4v) is 6.41. The second-order valence-corrected chi connectivity index (χ2v) is 16.2. The molecule has 2 aromatic heterocycles. The van der Waals surface area contributed by atoms with Crippen LogP contribution in [0.3, 0.4) is 0 Å². The van der Waals surface area contributed by atoms with Crippen molar-refractivity contribution in [3.05, 3.63) is 113 Å². The van der Waals surface area contributed by atoms with E-state index in [9.17, 15) is 27.2 Å². The Morgan fingerprint density at radius 2 is 1.47 bits per heavy atom. The first-order valence-electron chi connectivity index (χ1n) is 17.7. The molecular formula is C41H45FN4O8S. The number of carbonyl (C=O) groups excluding carboxylic acids is 3. The minimum absolute atomic E-state index is 0.00334. The van der Waals surface area contributed by atoms with Crippen molar-refractivity contribution in [1.29, 1.82) is 0 Å². The highest BCUT2D eigenvalue weighted by Gasteiger charge is 2.36. The van der Waals surface area contributed by atoms with E-state index in [1.54, 1.807) is 59.0 Å². The van der Waals surface area contributed by atoms with Gasteiger partial charge in [-0.1, -0.05) is 77.1 Å². The van der Waals surface area contributed by atoms with Crippen LogP contribution in [0.15, 0.2) is 90.0 Å². The van der Waals surface area contributed by atoms with Crippen LogP contribution in [0, 0.1) is 17.7 Å². The van der Waals surface area contributed by atoms with Crippen LogP contribution >= 0.6 is 0 Å². The number of Topliss-reactive ketones (excluding diaryl/α,β-unsaturated/α-hetero) is 1. The lowest BCUT2D eigenvalue weighted by molar-refractivity contribution is -0.198. The Hall–Kier alpha value is -5.47. The number of nitrogens with two attached hydrogens (primary N) is 1. The van der Waals surface area contributed by atoms with Gasteiger partial charge in [-0.2, -0.15) is 0 Å². The molecule has 5 rings (SSSR count). The number of pyridine rings is 1. The highest BCUT2D eigenvalue weighted by Crippen LogP contribution is 2.35. The second-order valence-electron chi connectivity index (χ2n) is 14.2. The summed E-state index contributed by atoms with van der Waals surface area (Å²) in [5.41, 5.74) is 9.79. The molecule has 0 amide bonds. The topological polar surface area (TPSA) is 169 Å². The summed E-state index contributed by atoms with van der Waals surface area (Å²) in [5, 5.41) is 4.65. The minimum atomic E-state index is -3.63. The number of methoxy groups -OCH3 is 1. The lowest BCUT2D eigenvalue weighted by Crippen LogP contribution is -2.41. The third-order valence-electron chi connectivity index (χ3n) is 9.30. The van der Waals surface area contributed by atoms with E-state index in [1.165, 1.54) is 42.0 Å². The smallest absolute Gasteiger partial charge is 0.326 e. The standard InChI is InChI=1S/C41H45FN4O8S/c1-23(2)37(43)40(49)54-41(24(3)4)53-39(48)36(32-18-17-31(55(7,50)51)21-34(32)52-6)38-44-35-19-14-29(22-46(35)45-38)28-10-8-26(9-11-28)20-33(47)25(5)27-12-15-30(42)16-13-27/h8-19,21-25,36-37,41H,20,43H2,1-7H3/t25-,36?,37+,41?/m1/s1. The summed E-state index contributed by atoms with van der Waals surface area (Å²) < 4.78 is 56.5. The Balaban J connectivity index is 1.46. The molecule has 0 bridgehead atoms. The van der Waals surface area contributed by atoms with Crippen LogP contribution in [-0.2, 0) is 40.1 Å². The number of ketones is 1. The third kappa shape index (κ3) is 9.62. The summed E-state index contributed by atoms with van der Waals surface area (Å²) in [6.07, 6.45) is 1.70. The number of esters is 2. The van der Waals surface area contributed by atoms with Gasteiger partial charge in [-0.05, 0) is 59.0 Å². The zero-order chi connectivity index (χ0) is 40.2. The molecule has 0 spiro atoms. The van der Waals surface area contributed by atoms with Crippen molar-refractivity contribution in [2.24, 2.45) is 17.6 Å². The fraction of sp³-hybridized carbons (Fsp3) is 0.341. The molecule has 0 saturated heterocycles. The molecule has 2 heterocycles. The SMILES string of the molecule is COc1cc(S(C)(=O)=O)ccc1C(C(=O)OC(OC(=O)[C@@H](N)C(C)C)C(C)C)c1nc2ccc(-c3ccc(CC(=O)[C@H](C)c4ccc(F)cc4)cc3)cn2n1. The third-order valence-corrected chi connectivity index (χ3v) is 10.4.